The number of hydrogen-bond donors (Lipinski definition) is 2. The van der Waals surface area contributed by atoms with Crippen molar-refractivity contribution in [3.05, 3.63) is 11.9 Å². The van der Waals surface area contributed by atoms with Crippen LogP contribution < -0.4 is 0 Å². The second-order valence-electron chi connectivity index (χ2n) is 2.63. The molecule has 0 aliphatic carbocycles. The van der Waals surface area contributed by atoms with E-state index >= 15 is 0 Å². The van der Waals surface area contributed by atoms with Crippen LogP contribution in [-0.2, 0) is 17.8 Å². The van der Waals surface area contributed by atoms with Gasteiger partial charge in [0.05, 0.1) is 5.69 Å². The van der Waals surface area contributed by atoms with Crippen LogP contribution in [-0.4, -0.2) is 37.8 Å². The summed E-state index contributed by atoms with van der Waals surface area (Å²) in [5.41, 5.74) is 0.704. The zero-order chi connectivity index (χ0) is 9.68. The largest absolute Gasteiger partial charge is 0.480 e. The number of carbonyl (C=O) groups is 1. The van der Waals surface area contributed by atoms with Crippen LogP contribution in [0.3, 0.4) is 0 Å². The molecule has 0 fully saturated rings. The van der Waals surface area contributed by atoms with Gasteiger partial charge in [-0.2, -0.15) is 0 Å². The minimum Gasteiger partial charge on any atom is -0.480 e. The van der Waals surface area contributed by atoms with E-state index in [0.717, 1.165) is 0 Å². The Hall–Kier alpha value is -1.43. The molecule has 72 valence electrons. The molecule has 0 saturated carbocycles. The van der Waals surface area contributed by atoms with Gasteiger partial charge >= 0.3 is 5.97 Å². The predicted octanol–water partition coefficient (Wildman–Crippen LogP) is -0.712. The maximum atomic E-state index is 10.3. The van der Waals surface area contributed by atoms with E-state index in [-0.39, 0.29) is 13.2 Å². The smallest absolute Gasteiger partial charge is 0.325 e. The van der Waals surface area contributed by atoms with Crippen LogP contribution in [0.15, 0.2) is 6.20 Å². The summed E-state index contributed by atoms with van der Waals surface area (Å²) in [5.74, 6) is -0.946. The molecular formula is C7H11N3O3. The Morgan fingerprint density at radius 3 is 3.00 bits per heavy atom. The van der Waals surface area contributed by atoms with E-state index in [9.17, 15) is 4.79 Å². The van der Waals surface area contributed by atoms with Crippen LogP contribution >= 0.6 is 0 Å². The zero-order valence-corrected chi connectivity index (χ0v) is 7.05. The Balaban J connectivity index is 2.48. The molecule has 0 aliphatic heterocycles. The number of carboxylic acid groups (broad SMARTS) is 1. The fourth-order valence-corrected chi connectivity index (χ4v) is 0.929. The van der Waals surface area contributed by atoms with Crippen LogP contribution in [0.25, 0.3) is 0 Å². The molecule has 0 radical (unpaired) electrons. The number of aliphatic carboxylic acids is 1. The van der Waals surface area contributed by atoms with E-state index in [1.54, 1.807) is 6.20 Å². The topological polar surface area (TPSA) is 88.2 Å². The maximum Gasteiger partial charge on any atom is 0.325 e. The van der Waals surface area contributed by atoms with Gasteiger partial charge in [-0.15, -0.1) is 5.10 Å². The summed E-state index contributed by atoms with van der Waals surface area (Å²) >= 11 is 0. The molecule has 1 heterocycles. The second kappa shape index (κ2) is 4.56. The number of aryl methyl sites for hydroxylation is 1. The van der Waals surface area contributed by atoms with E-state index in [1.165, 1.54) is 4.68 Å². The molecule has 0 amide bonds. The lowest BCUT2D eigenvalue weighted by Gasteiger charge is -1.91. The van der Waals surface area contributed by atoms with Crippen LogP contribution in [0.2, 0.25) is 0 Å². The minimum atomic E-state index is -0.946. The van der Waals surface area contributed by atoms with Gasteiger partial charge in [0.25, 0.3) is 0 Å². The molecule has 2 N–H and O–H groups in total. The quantitative estimate of drug-likeness (QED) is 0.632. The van der Waals surface area contributed by atoms with Crippen molar-refractivity contribution in [2.75, 3.05) is 6.61 Å². The fraction of sp³-hybridized carbons (Fsp3) is 0.571. The van der Waals surface area contributed by atoms with Gasteiger partial charge in [-0.05, 0) is 12.8 Å². The fourth-order valence-electron chi connectivity index (χ4n) is 0.929. The third-order valence-electron chi connectivity index (χ3n) is 1.47. The molecule has 13 heavy (non-hydrogen) atoms. The van der Waals surface area contributed by atoms with Crippen molar-refractivity contribution in [3.63, 3.8) is 0 Å². The standard InChI is InChI=1S/C7H11N3O3/c11-3-1-2-6-4-10(9-8-6)5-7(12)13/h4,11H,1-3,5H2,(H,12,13). The molecule has 0 atom stereocenters. The van der Waals surface area contributed by atoms with E-state index in [2.05, 4.69) is 10.3 Å². The first-order chi connectivity index (χ1) is 6.22. The lowest BCUT2D eigenvalue weighted by molar-refractivity contribution is -0.137. The SMILES string of the molecule is O=C(O)Cn1cc(CCCO)nn1. The van der Waals surface area contributed by atoms with Crippen LogP contribution in [0, 0.1) is 0 Å². The van der Waals surface area contributed by atoms with E-state index in [1.807, 2.05) is 0 Å². The van der Waals surface area contributed by atoms with Crippen molar-refractivity contribution < 1.29 is 15.0 Å². The van der Waals surface area contributed by atoms with Crippen molar-refractivity contribution in [3.8, 4) is 0 Å². The maximum absolute atomic E-state index is 10.3. The van der Waals surface area contributed by atoms with E-state index in [0.29, 0.717) is 18.5 Å². The summed E-state index contributed by atoms with van der Waals surface area (Å²) in [7, 11) is 0. The summed E-state index contributed by atoms with van der Waals surface area (Å²) in [6.45, 7) is -0.0715. The molecule has 0 saturated heterocycles. The Morgan fingerprint density at radius 2 is 2.38 bits per heavy atom. The lowest BCUT2D eigenvalue weighted by Crippen LogP contribution is -2.08. The normalized spacial score (nSPS) is 10.2. The number of nitrogens with zero attached hydrogens (tertiary/aromatic N) is 3. The third-order valence-corrected chi connectivity index (χ3v) is 1.47. The lowest BCUT2D eigenvalue weighted by atomic mass is 10.3. The van der Waals surface area contributed by atoms with Crippen molar-refractivity contribution in [2.45, 2.75) is 19.4 Å². The Labute approximate surface area is 74.8 Å². The molecule has 1 aromatic rings. The van der Waals surface area contributed by atoms with Gasteiger partial charge in [0, 0.05) is 12.8 Å². The van der Waals surface area contributed by atoms with Crippen LogP contribution in [0.1, 0.15) is 12.1 Å². The highest BCUT2D eigenvalue weighted by molar-refractivity contribution is 5.66. The Morgan fingerprint density at radius 1 is 1.62 bits per heavy atom. The van der Waals surface area contributed by atoms with E-state index < -0.39 is 5.97 Å². The van der Waals surface area contributed by atoms with Gasteiger partial charge in [-0.25, -0.2) is 4.68 Å². The molecule has 1 rings (SSSR count). The first-order valence-corrected chi connectivity index (χ1v) is 3.94. The summed E-state index contributed by atoms with van der Waals surface area (Å²) in [5, 5.41) is 24.3. The molecule has 0 aliphatic rings. The van der Waals surface area contributed by atoms with Crippen molar-refractivity contribution in [1.82, 2.24) is 15.0 Å². The number of aromatic nitrogens is 3. The number of aliphatic hydroxyl groups excluding tert-OH is 1. The van der Waals surface area contributed by atoms with Gasteiger partial charge in [0.15, 0.2) is 0 Å². The molecule has 0 aromatic carbocycles. The second-order valence-corrected chi connectivity index (χ2v) is 2.63. The first kappa shape index (κ1) is 9.66. The van der Waals surface area contributed by atoms with Gasteiger partial charge in [-0.1, -0.05) is 5.21 Å². The van der Waals surface area contributed by atoms with Gasteiger partial charge in [0.2, 0.25) is 0 Å². The monoisotopic (exact) mass is 185 g/mol. The predicted molar refractivity (Wildman–Crippen MR) is 43.1 cm³/mol. The first-order valence-electron chi connectivity index (χ1n) is 3.94. The summed E-state index contributed by atoms with van der Waals surface area (Å²) in [4.78, 5) is 10.3. The summed E-state index contributed by atoms with van der Waals surface area (Å²) < 4.78 is 1.26. The zero-order valence-electron chi connectivity index (χ0n) is 7.05. The van der Waals surface area contributed by atoms with Gasteiger partial charge in [-0.3, -0.25) is 4.79 Å². The highest BCUT2D eigenvalue weighted by atomic mass is 16.4. The number of hydrogen-bond acceptors (Lipinski definition) is 4. The Kier molecular flexibility index (Phi) is 3.39. The van der Waals surface area contributed by atoms with E-state index in [4.69, 9.17) is 10.2 Å². The van der Waals surface area contributed by atoms with Crippen molar-refractivity contribution >= 4 is 5.97 Å². The number of aliphatic hydroxyl groups is 1. The minimum absolute atomic E-state index is 0.103. The van der Waals surface area contributed by atoms with Gasteiger partial charge < -0.3 is 10.2 Å². The molecule has 6 heteroatoms. The van der Waals surface area contributed by atoms with Crippen LogP contribution in [0.4, 0.5) is 0 Å². The third kappa shape index (κ3) is 3.20. The van der Waals surface area contributed by atoms with Crippen LogP contribution in [0.5, 0.6) is 0 Å². The highest BCUT2D eigenvalue weighted by Gasteiger charge is 2.03. The average Bonchev–Trinajstić information content (AvgIpc) is 2.48. The summed E-state index contributed by atoms with van der Waals surface area (Å²) in [6.07, 6.45) is 2.81. The van der Waals surface area contributed by atoms with Crippen molar-refractivity contribution in [2.24, 2.45) is 0 Å². The molecule has 0 unspecified atom stereocenters. The number of carboxylic acids is 1. The molecule has 0 bridgehead atoms. The highest BCUT2D eigenvalue weighted by Crippen LogP contribution is 1.97. The summed E-state index contributed by atoms with van der Waals surface area (Å²) in [6, 6.07) is 0. The Bertz CT molecular complexity index is 284. The van der Waals surface area contributed by atoms with Crippen molar-refractivity contribution in [1.29, 1.82) is 0 Å². The van der Waals surface area contributed by atoms with Gasteiger partial charge in [0.1, 0.15) is 6.54 Å². The average molecular weight is 185 g/mol. The molecule has 0 spiro atoms. The molecule has 1 aromatic heterocycles. The molecule has 6 nitrogen and oxygen atoms in total. The number of rotatable bonds is 5. The molecular weight excluding hydrogens is 174 g/mol.